The molecule has 3 aromatic carbocycles. The van der Waals surface area contributed by atoms with E-state index in [1.165, 1.54) is 11.8 Å². The second-order valence-corrected chi connectivity index (χ2v) is 12.6. The van der Waals surface area contributed by atoms with Crippen molar-refractivity contribution in [3.63, 3.8) is 0 Å². The summed E-state index contributed by atoms with van der Waals surface area (Å²) in [7, 11) is 0. The van der Waals surface area contributed by atoms with Crippen LogP contribution in [-0.2, 0) is 4.79 Å². The Hall–Kier alpha value is -3.81. The second kappa shape index (κ2) is 10.3. The van der Waals surface area contributed by atoms with E-state index in [4.69, 9.17) is 16.7 Å². The maximum Gasteiger partial charge on any atom is 0.255 e. The average molecular weight is 569 g/mol. The molecule has 1 amide bonds. The first kappa shape index (κ1) is 26.4. The predicted octanol–water partition coefficient (Wildman–Crippen LogP) is 7.91. The van der Waals surface area contributed by atoms with E-state index < -0.39 is 6.04 Å². The molecule has 8 heteroatoms. The van der Waals surface area contributed by atoms with Gasteiger partial charge in [-0.05, 0) is 60.7 Å². The van der Waals surface area contributed by atoms with Gasteiger partial charge in [-0.2, -0.15) is 5.10 Å². The Balaban J connectivity index is 1.52. The van der Waals surface area contributed by atoms with Gasteiger partial charge in [0, 0.05) is 33.2 Å². The Kier molecular flexibility index (Phi) is 6.80. The number of nitrogens with one attached hydrogen (secondary N) is 2. The number of fused-ring (bicyclic) bond motifs is 1. The zero-order valence-corrected chi connectivity index (χ0v) is 24.1. The van der Waals surface area contributed by atoms with Gasteiger partial charge in [-0.1, -0.05) is 85.2 Å². The lowest BCUT2D eigenvalue weighted by Gasteiger charge is -2.39. The molecule has 202 valence electrons. The van der Waals surface area contributed by atoms with E-state index in [0.717, 1.165) is 21.7 Å². The molecule has 0 bridgehead atoms. The Morgan fingerprint density at radius 3 is 2.42 bits per heavy atom. The summed E-state index contributed by atoms with van der Waals surface area (Å²) >= 11 is 7.71. The standard InChI is InChI=1S/C32H29ClN4O2S/c1-19-9-15-23(16-10-19)40-31-27(35-30(39)21-7-5-4-6-8-21)29-34-24-17-32(2,3)18-25(38)26(24)28(37(29)36-31)20-11-13-22(33)14-12-20/h4-16,28,34H,17-18H2,1-3H3,(H,35,39)/t28-/m0/s1. The minimum Gasteiger partial charge on any atom is -0.342 e. The molecule has 40 heavy (non-hydrogen) atoms. The molecule has 6 nitrogen and oxygen atoms in total. The second-order valence-electron chi connectivity index (χ2n) is 11.1. The molecular weight excluding hydrogens is 540 g/mol. The molecule has 2 aliphatic rings. The van der Waals surface area contributed by atoms with Gasteiger partial charge in [0.1, 0.15) is 16.8 Å². The van der Waals surface area contributed by atoms with Gasteiger partial charge in [-0.25, -0.2) is 4.68 Å². The molecule has 1 aliphatic carbocycles. The molecule has 1 aromatic heterocycles. The number of carbonyl (C=O) groups excluding carboxylic acids is 2. The van der Waals surface area contributed by atoms with Gasteiger partial charge < -0.3 is 10.6 Å². The summed E-state index contributed by atoms with van der Waals surface area (Å²) in [5.74, 6) is 0.525. The number of allylic oxidation sites excluding steroid dienone is 2. The summed E-state index contributed by atoms with van der Waals surface area (Å²) in [4.78, 5) is 28.0. The van der Waals surface area contributed by atoms with Crippen LogP contribution in [-0.4, -0.2) is 21.5 Å². The SMILES string of the molecule is Cc1ccc(Sc2nn3c(c2NC(=O)c2ccccc2)NC2=C(C(=O)CC(C)(C)C2)[C@@H]3c2ccc(Cl)cc2)cc1. The third-order valence-corrected chi connectivity index (χ3v) is 8.52. The van der Waals surface area contributed by atoms with Gasteiger partial charge in [0.05, 0.1) is 0 Å². The molecular formula is C32H29ClN4O2S. The van der Waals surface area contributed by atoms with Gasteiger partial charge in [0.15, 0.2) is 11.6 Å². The first-order valence-corrected chi connectivity index (χ1v) is 14.4. The number of aromatic nitrogens is 2. The first-order chi connectivity index (χ1) is 19.2. The fraction of sp³-hybridized carbons (Fsp3) is 0.219. The summed E-state index contributed by atoms with van der Waals surface area (Å²) in [6.45, 7) is 6.26. The smallest absolute Gasteiger partial charge is 0.255 e. The number of nitrogens with zero attached hydrogens (tertiary/aromatic N) is 2. The lowest BCUT2D eigenvalue weighted by atomic mass is 9.73. The molecule has 0 radical (unpaired) electrons. The molecule has 0 fully saturated rings. The van der Waals surface area contributed by atoms with Crippen molar-refractivity contribution in [1.29, 1.82) is 0 Å². The van der Waals surface area contributed by atoms with Gasteiger partial charge in [-0.15, -0.1) is 0 Å². The molecule has 0 saturated heterocycles. The van der Waals surface area contributed by atoms with Crippen LogP contribution in [0.1, 0.15) is 54.2 Å². The van der Waals surface area contributed by atoms with Crippen LogP contribution in [0.4, 0.5) is 11.5 Å². The van der Waals surface area contributed by atoms with Crippen molar-refractivity contribution in [3.8, 4) is 0 Å². The topological polar surface area (TPSA) is 76.0 Å². The van der Waals surface area contributed by atoms with Crippen molar-refractivity contribution in [3.05, 3.63) is 112 Å². The maximum absolute atomic E-state index is 13.6. The largest absolute Gasteiger partial charge is 0.342 e. The number of amides is 1. The van der Waals surface area contributed by atoms with E-state index in [9.17, 15) is 9.59 Å². The van der Waals surface area contributed by atoms with Crippen LogP contribution in [0.25, 0.3) is 0 Å². The third-order valence-electron chi connectivity index (χ3n) is 7.28. The third kappa shape index (κ3) is 5.07. The zero-order valence-electron chi connectivity index (χ0n) is 22.5. The van der Waals surface area contributed by atoms with Crippen molar-refractivity contribution >= 4 is 46.6 Å². The van der Waals surface area contributed by atoms with Crippen LogP contribution in [0.2, 0.25) is 5.02 Å². The van der Waals surface area contributed by atoms with Crippen LogP contribution in [0, 0.1) is 12.3 Å². The average Bonchev–Trinajstić information content (AvgIpc) is 3.25. The van der Waals surface area contributed by atoms with Crippen LogP contribution in [0.5, 0.6) is 0 Å². The first-order valence-electron chi connectivity index (χ1n) is 13.2. The molecule has 1 aliphatic heterocycles. The van der Waals surface area contributed by atoms with Crippen LogP contribution >= 0.6 is 23.4 Å². The molecule has 2 heterocycles. The summed E-state index contributed by atoms with van der Waals surface area (Å²) < 4.78 is 1.84. The molecule has 4 aromatic rings. The van der Waals surface area contributed by atoms with Crippen molar-refractivity contribution in [1.82, 2.24) is 9.78 Å². The highest BCUT2D eigenvalue weighted by atomic mass is 35.5. The Labute approximate surface area is 242 Å². The molecule has 2 N–H and O–H groups in total. The van der Waals surface area contributed by atoms with E-state index in [2.05, 4.69) is 36.6 Å². The molecule has 0 unspecified atom stereocenters. The summed E-state index contributed by atoms with van der Waals surface area (Å²) in [5, 5.41) is 13.0. The van der Waals surface area contributed by atoms with Crippen LogP contribution in [0.3, 0.4) is 0 Å². The van der Waals surface area contributed by atoms with Crippen molar-refractivity contribution in [2.24, 2.45) is 5.41 Å². The lowest BCUT2D eigenvalue weighted by molar-refractivity contribution is -0.118. The number of rotatable bonds is 5. The number of Topliss-reactive ketones (excluding diaryl/α,β-unsaturated/α-hetero) is 1. The summed E-state index contributed by atoms with van der Waals surface area (Å²) in [6, 6.07) is 24.4. The minimum absolute atomic E-state index is 0.0995. The zero-order chi connectivity index (χ0) is 28.0. The normalized spacial score (nSPS) is 17.6. The highest BCUT2D eigenvalue weighted by molar-refractivity contribution is 7.99. The Morgan fingerprint density at radius 1 is 1.02 bits per heavy atom. The predicted molar refractivity (Wildman–Crippen MR) is 160 cm³/mol. The fourth-order valence-corrected chi connectivity index (χ4v) is 6.38. The molecule has 6 rings (SSSR count). The number of aryl methyl sites for hydroxylation is 1. The van der Waals surface area contributed by atoms with E-state index >= 15 is 0 Å². The van der Waals surface area contributed by atoms with Crippen molar-refractivity contribution < 1.29 is 9.59 Å². The van der Waals surface area contributed by atoms with Gasteiger partial charge in [0.25, 0.3) is 5.91 Å². The highest BCUT2D eigenvalue weighted by Gasteiger charge is 2.42. The number of hydrogen-bond acceptors (Lipinski definition) is 5. The van der Waals surface area contributed by atoms with Crippen LogP contribution < -0.4 is 10.6 Å². The van der Waals surface area contributed by atoms with Crippen molar-refractivity contribution in [2.75, 3.05) is 10.6 Å². The van der Waals surface area contributed by atoms with E-state index in [1.807, 2.05) is 66.2 Å². The lowest BCUT2D eigenvalue weighted by Crippen LogP contribution is -2.36. The number of hydrogen-bond donors (Lipinski definition) is 2. The Bertz CT molecular complexity index is 1640. The van der Waals surface area contributed by atoms with Gasteiger partial charge in [-0.3, -0.25) is 9.59 Å². The minimum atomic E-state index is -0.452. The van der Waals surface area contributed by atoms with E-state index in [0.29, 0.717) is 45.5 Å². The number of ketones is 1. The summed E-state index contributed by atoms with van der Waals surface area (Å²) in [5.41, 5.74) is 4.59. The molecule has 0 spiro atoms. The van der Waals surface area contributed by atoms with E-state index in [-0.39, 0.29) is 17.1 Å². The van der Waals surface area contributed by atoms with E-state index in [1.54, 1.807) is 12.1 Å². The number of halogens is 1. The Morgan fingerprint density at radius 2 is 1.73 bits per heavy atom. The maximum atomic E-state index is 13.6. The fourth-order valence-electron chi connectivity index (χ4n) is 5.38. The number of anilines is 2. The monoisotopic (exact) mass is 568 g/mol. The highest BCUT2D eigenvalue weighted by Crippen LogP contribution is 2.49. The van der Waals surface area contributed by atoms with Gasteiger partial charge >= 0.3 is 0 Å². The van der Waals surface area contributed by atoms with Gasteiger partial charge in [0.2, 0.25) is 0 Å². The quantitative estimate of drug-likeness (QED) is 0.256. The molecule has 1 atom stereocenters. The van der Waals surface area contributed by atoms with Crippen LogP contribution in [0.15, 0.2) is 100 Å². The number of benzene rings is 3. The molecule has 0 saturated carbocycles. The summed E-state index contributed by atoms with van der Waals surface area (Å²) in [6.07, 6.45) is 1.16. The van der Waals surface area contributed by atoms with Crippen molar-refractivity contribution in [2.45, 2.75) is 49.6 Å². The number of carbonyl (C=O) groups is 2.